The molecule has 3 nitrogen and oxygen atoms in total. The van der Waals surface area contributed by atoms with Crippen molar-refractivity contribution in [1.29, 1.82) is 0 Å². The number of likely N-dealkylation sites (N-methyl/N-ethyl adjacent to an activating group) is 1. The highest BCUT2D eigenvalue weighted by Crippen LogP contribution is 2.25. The van der Waals surface area contributed by atoms with Crippen LogP contribution in [0.15, 0.2) is 0 Å². The molecule has 1 N–H and O–H groups in total. The average Bonchev–Trinajstić information content (AvgIpc) is 2.31. The molecule has 1 fully saturated rings. The van der Waals surface area contributed by atoms with Gasteiger partial charge in [-0.25, -0.2) is 0 Å². The van der Waals surface area contributed by atoms with Crippen LogP contribution in [0.2, 0.25) is 0 Å². The van der Waals surface area contributed by atoms with Crippen LogP contribution in [0, 0.1) is 5.41 Å². The smallest absolute Gasteiger partial charge is 0.0195 e. The predicted octanol–water partition coefficient (Wildman–Crippen LogP) is 2.04. The molecule has 0 amide bonds. The summed E-state index contributed by atoms with van der Waals surface area (Å²) in [6, 6.07) is 0.696. The topological polar surface area (TPSA) is 18.5 Å². The molecule has 108 valence electrons. The van der Waals surface area contributed by atoms with Crippen molar-refractivity contribution in [2.75, 3.05) is 46.3 Å². The van der Waals surface area contributed by atoms with Crippen molar-refractivity contribution in [3.63, 3.8) is 0 Å². The van der Waals surface area contributed by atoms with E-state index in [0.29, 0.717) is 11.5 Å². The van der Waals surface area contributed by atoms with Gasteiger partial charge in [0.1, 0.15) is 0 Å². The molecule has 1 aliphatic rings. The Morgan fingerprint density at radius 3 is 2.56 bits per heavy atom. The van der Waals surface area contributed by atoms with Gasteiger partial charge < -0.3 is 10.2 Å². The number of rotatable bonds is 7. The van der Waals surface area contributed by atoms with E-state index in [2.05, 4.69) is 49.9 Å². The summed E-state index contributed by atoms with van der Waals surface area (Å²) >= 11 is 0. The maximum absolute atomic E-state index is 3.55. The van der Waals surface area contributed by atoms with E-state index in [9.17, 15) is 0 Å². The maximum Gasteiger partial charge on any atom is 0.0195 e. The Hall–Kier alpha value is -0.120. The minimum Gasteiger partial charge on any atom is -0.316 e. The van der Waals surface area contributed by atoms with E-state index in [-0.39, 0.29) is 0 Å². The lowest BCUT2D eigenvalue weighted by Crippen LogP contribution is -2.54. The molecular formula is C15H33N3. The third-order valence-electron chi connectivity index (χ3n) is 4.21. The van der Waals surface area contributed by atoms with Gasteiger partial charge >= 0.3 is 0 Å². The number of nitrogens with one attached hydrogen (secondary N) is 1. The fourth-order valence-corrected chi connectivity index (χ4v) is 3.16. The van der Waals surface area contributed by atoms with Crippen molar-refractivity contribution in [2.45, 2.75) is 46.6 Å². The molecular weight excluding hydrogens is 222 g/mol. The first-order valence-corrected chi connectivity index (χ1v) is 7.64. The van der Waals surface area contributed by atoms with Crippen LogP contribution in [0.3, 0.4) is 0 Å². The Bertz CT molecular complexity index is 232. The van der Waals surface area contributed by atoms with Gasteiger partial charge in [-0.15, -0.1) is 0 Å². The molecule has 18 heavy (non-hydrogen) atoms. The van der Waals surface area contributed by atoms with Crippen LogP contribution < -0.4 is 5.32 Å². The fraction of sp³-hybridized carbons (Fsp3) is 1.00. The second-order valence-corrected chi connectivity index (χ2v) is 6.42. The molecule has 2 atom stereocenters. The largest absolute Gasteiger partial charge is 0.316 e. The first-order chi connectivity index (χ1) is 8.50. The SMILES string of the molecule is CCCC(C)(CNCC)CN1CCN(C)CC1C. The highest BCUT2D eigenvalue weighted by atomic mass is 15.3. The van der Waals surface area contributed by atoms with Gasteiger partial charge in [-0.3, -0.25) is 4.90 Å². The number of hydrogen-bond acceptors (Lipinski definition) is 3. The quantitative estimate of drug-likeness (QED) is 0.751. The summed E-state index contributed by atoms with van der Waals surface area (Å²) in [5, 5.41) is 3.55. The van der Waals surface area contributed by atoms with E-state index in [0.717, 1.165) is 13.1 Å². The second-order valence-electron chi connectivity index (χ2n) is 6.42. The summed E-state index contributed by atoms with van der Waals surface area (Å²) in [6.45, 7) is 16.4. The second kappa shape index (κ2) is 7.46. The molecule has 0 aromatic carbocycles. The van der Waals surface area contributed by atoms with Gasteiger partial charge in [0.05, 0.1) is 0 Å². The minimum atomic E-state index is 0.426. The molecule has 0 aliphatic carbocycles. The van der Waals surface area contributed by atoms with E-state index in [1.165, 1.54) is 39.0 Å². The zero-order chi connectivity index (χ0) is 13.6. The zero-order valence-electron chi connectivity index (χ0n) is 13.1. The van der Waals surface area contributed by atoms with Crippen molar-refractivity contribution in [2.24, 2.45) is 5.41 Å². The van der Waals surface area contributed by atoms with Crippen molar-refractivity contribution in [3.05, 3.63) is 0 Å². The summed E-state index contributed by atoms with van der Waals surface area (Å²) in [5.41, 5.74) is 0.426. The summed E-state index contributed by atoms with van der Waals surface area (Å²) in [5.74, 6) is 0. The molecule has 1 rings (SSSR count). The van der Waals surface area contributed by atoms with E-state index in [1.54, 1.807) is 0 Å². The molecule has 1 aliphatic heterocycles. The highest BCUT2D eigenvalue weighted by Gasteiger charge is 2.30. The monoisotopic (exact) mass is 255 g/mol. The van der Waals surface area contributed by atoms with Crippen LogP contribution in [0.1, 0.15) is 40.5 Å². The van der Waals surface area contributed by atoms with Gasteiger partial charge in [0.25, 0.3) is 0 Å². The lowest BCUT2D eigenvalue weighted by atomic mass is 9.84. The summed E-state index contributed by atoms with van der Waals surface area (Å²) in [7, 11) is 2.23. The number of nitrogens with zero attached hydrogens (tertiary/aromatic N) is 2. The summed E-state index contributed by atoms with van der Waals surface area (Å²) < 4.78 is 0. The molecule has 0 saturated carbocycles. The van der Waals surface area contributed by atoms with Crippen LogP contribution >= 0.6 is 0 Å². The molecule has 3 heteroatoms. The van der Waals surface area contributed by atoms with Crippen molar-refractivity contribution >= 4 is 0 Å². The van der Waals surface area contributed by atoms with Gasteiger partial charge in [0.2, 0.25) is 0 Å². The standard InChI is InChI=1S/C15H33N3/c1-6-8-15(4,12-16-7-2)13-18-10-9-17(5)11-14(18)3/h14,16H,6-13H2,1-5H3. The van der Waals surface area contributed by atoms with Crippen LogP contribution in [-0.2, 0) is 0 Å². The van der Waals surface area contributed by atoms with Gasteiger partial charge in [0.15, 0.2) is 0 Å². The first kappa shape index (κ1) is 15.9. The Kier molecular flexibility index (Phi) is 6.61. The molecule has 2 unspecified atom stereocenters. The number of piperazine rings is 1. The Morgan fingerprint density at radius 1 is 1.28 bits per heavy atom. The first-order valence-electron chi connectivity index (χ1n) is 7.64. The van der Waals surface area contributed by atoms with E-state index in [1.807, 2.05) is 0 Å². The van der Waals surface area contributed by atoms with Crippen LogP contribution in [0.4, 0.5) is 0 Å². The van der Waals surface area contributed by atoms with Gasteiger partial charge in [-0.1, -0.05) is 27.2 Å². The minimum absolute atomic E-state index is 0.426. The van der Waals surface area contributed by atoms with Crippen LogP contribution in [-0.4, -0.2) is 62.2 Å². The van der Waals surface area contributed by atoms with Gasteiger partial charge in [-0.2, -0.15) is 0 Å². The lowest BCUT2D eigenvalue weighted by Gasteiger charge is -2.43. The molecule has 1 heterocycles. The lowest BCUT2D eigenvalue weighted by molar-refractivity contribution is 0.0562. The Labute approximate surface area is 114 Å². The molecule has 1 saturated heterocycles. The summed E-state index contributed by atoms with van der Waals surface area (Å²) in [6.07, 6.45) is 2.60. The predicted molar refractivity (Wildman–Crippen MR) is 80.1 cm³/mol. The Morgan fingerprint density at radius 2 is 2.00 bits per heavy atom. The van der Waals surface area contributed by atoms with Crippen LogP contribution in [0.25, 0.3) is 0 Å². The fourth-order valence-electron chi connectivity index (χ4n) is 3.16. The normalized spacial score (nSPS) is 26.2. The molecule has 0 aromatic heterocycles. The molecule has 0 radical (unpaired) electrons. The van der Waals surface area contributed by atoms with E-state index >= 15 is 0 Å². The van der Waals surface area contributed by atoms with Crippen molar-refractivity contribution in [3.8, 4) is 0 Å². The summed E-state index contributed by atoms with van der Waals surface area (Å²) in [4.78, 5) is 5.13. The van der Waals surface area contributed by atoms with Gasteiger partial charge in [0, 0.05) is 38.8 Å². The van der Waals surface area contributed by atoms with E-state index < -0.39 is 0 Å². The van der Waals surface area contributed by atoms with Crippen molar-refractivity contribution in [1.82, 2.24) is 15.1 Å². The maximum atomic E-state index is 3.55. The Balaban J connectivity index is 2.53. The van der Waals surface area contributed by atoms with Gasteiger partial charge in [-0.05, 0) is 32.4 Å². The third kappa shape index (κ3) is 4.87. The van der Waals surface area contributed by atoms with E-state index in [4.69, 9.17) is 0 Å². The zero-order valence-corrected chi connectivity index (χ0v) is 13.1. The molecule has 0 aromatic rings. The molecule has 0 bridgehead atoms. The highest BCUT2D eigenvalue weighted by molar-refractivity contribution is 4.85. The number of hydrogen-bond donors (Lipinski definition) is 1. The molecule has 0 spiro atoms. The average molecular weight is 255 g/mol. The van der Waals surface area contributed by atoms with Crippen molar-refractivity contribution < 1.29 is 0 Å². The third-order valence-corrected chi connectivity index (χ3v) is 4.21. The van der Waals surface area contributed by atoms with Crippen LogP contribution in [0.5, 0.6) is 0 Å².